The van der Waals surface area contributed by atoms with Crippen molar-refractivity contribution in [3.63, 3.8) is 0 Å². The van der Waals surface area contributed by atoms with Gasteiger partial charge in [0.1, 0.15) is 5.75 Å². The first-order valence-corrected chi connectivity index (χ1v) is 13.4. The lowest BCUT2D eigenvalue weighted by Gasteiger charge is -2.23. The van der Waals surface area contributed by atoms with Gasteiger partial charge >= 0.3 is 0 Å². The molecular weight excluding hydrogens is 436 g/mol. The Hall–Kier alpha value is -2.54. The molecule has 0 fully saturated rings. The summed E-state index contributed by atoms with van der Waals surface area (Å²) in [4.78, 5) is 12.6. The molecule has 0 aliphatic heterocycles. The molecule has 0 aliphatic carbocycles. The van der Waals surface area contributed by atoms with Gasteiger partial charge in [0.05, 0.1) is 25.1 Å². The van der Waals surface area contributed by atoms with Crippen molar-refractivity contribution in [3.05, 3.63) is 58.7 Å². The van der Waals surface area contributed by atoms with Gasteiger partial charge < -0.3 is 10.1 Å². The second-order valence-corrected chi connectivity index (χ2v) is 10.8. The van der Waals surface area contributed by atoms with Gasteiger partial charge in [0, 0.05) is 13.0 Å². The average Bonchev–Trinajstić information content (AvgIpc) is 2.75. The Morgan fingerprint density at radius 3 is 2.24 bits per heavy atom. The molecular formula is C26H38N2O4S. The molecule has 0 bridgehead atoms. The fourth-order valence-electron chi connectivity index (χ4n) is 3.97. The molecule has 1 amide bonds. The number of amides is 1. The van der Waals surface area contributed by atoms with Crippen LogP contribution in [0.1, 0.15) is 74.8 Å². The highest BCUT2D eigenvalue weighted by Crippen LogP contribution is 2.32. The molecule has 0 aliphatic rings. The number of anilines is 1. The molecule has 0 unspecified atom stereocenters. The standard InChI is InChI=1S/C26H38N2O4S/c1-8-21-11-13-22(14-12-21)28(33(7,30)31)15-9-10-26(29)27-20(5)24-17-23(18(2)3)25(32-6)16-19(24)4/h11-14,16-18,20H,8-10,15H2,1-7H3,(H,27,29)/t20-/m0/s1. The van der Waals surface area contributed by atoms with Crippen molar-refractivity contribution in [1.82, 2.24) is 5.32 Å². The molecule has 7 heteroatoms. The summed E-state index contributed by atoms with van der Waals surface area (Å²) in [6, 6.07) is 11.5. The van der Waals surface area contributed by atoms with E-state index < -0.39 is 10.0 Å². The Balaban J connectivity index is 2.03. The van der Waals surface area contributed by atoms with Gasteiger partial charge in [0.25, 0.3) is 0 Å². The monoisotopic (exact) mass is 474 g/mol. The second-order valence-electron chi connectivity index (χ2n) is 8.85. The van der Waals surface area contributed by atoms with Crippen molar-refractivity contribution in [2.75, 3.05) is 24.2 Å². The summed E-state index contributed by atoms with van der Waals surface area (Å²) in [5, 5.41) is 3.06. The Labute approximate surface area is 199 Å². The molecule has 0 saturated carbocycles. The summed E-state index contributed by atoms with van der Waals surface area (Å²) in [6.07, 6.45) is 2.76. The third kappa shape index (κ3) is 7.22. The van der Waals surface area contributed by atoms with Crippen molar-refractivity contribution >= 4 is 21.6 Å². The first kappa shape index (κ1) is 26.7. The number of carbonyl (C=O) groups is 1. The number of methoxy groups -OCH3 is 1. The van der Waals surface area contributed by atoms with Crippen molar-refractivity contribution in [3.8, 4) is 5.75 Å². The number of hydrogen-bond acceptors (Lipinski definition) is 4. The van der Waals surface area contributed by atoms with Crippen LogP contribution < -0.4 is 14.4 Å². The summed E-state index contributed by atoms with van der Waals surface area (Å²) in [5.74, 6) is 1.06. The molecule has 182 valence electrons. The fraction of sp³-hybridized carbons (Fsp3) is 0.500. The van der Waals surface area contributed by atoms with E-state index in [9.17, 15) is 13.2 Å². The number of nitrogens with one attached hydrogen (secondary N) is 1. The molecule has 6 nitrogen and oxygen atoms in total. The normalized spacial score (nSPS) is 12.5. The number of rotatable bonds is 11. The van der Waals surface area contributed by atoms with E-state index in [-0.39, 0.29) is 24.9 Å². The average molecular weight is 475 g/mol. The number of hydrogen-bond donors (Lipinski definition) is 1. The smallest absolute Gasteiger partial charge is 0.232 e. The zero-order chi connectivity index (χ0) is 24.8. The highest BCUT2D eigenvalue weighted by Gasteiger charge is 2.19. The molecule has 1 N–H and O–H groups in total. The van der Waals surface area contributed by atoms with E-state index in [2.05, 4.69) is 32.2 Å². The predicted octanol–water partition coefficient (Wildman–Crippen LogP) is 5.11. The highest BCUT2D eigenvalue weighted by molar-refractivity contribution is 7.92. The Kier molecular flexibility index (Phi) is 9.35. The van der Waals surface area contributed by atoms with Crippen LogP contribution in [-0.4, -0.2) is 34.2 Å². The molecule has 0 aromatic heterocycles. The minimum Gasteiger partial charge on any atom is -0.496 e. The predicted molar refractivity (Wildman–Crippen MR) is 136 cm³/mol. The van der Waals surface area contributed by atoms with Crippen LogP contribution in [0.5, 0.6) is 5.75 Å². The number of carbonyl (C=O) groups excluding carboxylic acids is 1. The lowest BCUT2D eigenvalue weighted by molar-refractivity contribution is -0.121. The van der Waals surface area contributed by atoms with Crippen LogP contribution in [0.3, 0.4) is 0 Å². The van der Waals surface area contributed by atoms with Crippen LogP contribution in [0.2, 0.25) is 0 Å². The number of nitrogens with zero attached hydrogens (tertiary/aromatic N) is 1. The number of ether oxygens (including phenoxy) is 1. The minimum atomic E-state index is -3.44. The quantitative estimate of drug-likeness (QED) is 0.491. The summed E-state index contributed by atoms with van der Waals surface area (Å²) >= 11 is 0. The van der Waals surface area contributed by atoms with Crippen LogP contribution in [0, 0.1) is 6.92 Å². The second kappa shape index (κ2) is 11.5. The van der Waals surface area contributed by atoms with E-state index in [1.54, 1.807) is 7.11 Å². The van der Waals surface area contributed by atoms with Crippen molar-refractivity contribution in [2.24, 2.45) is 0 Å². The lowest BCUT2D eigenvalue weighted by atomic mass is 9.93. The van der Waals surface area contributed by atoms with E-state index in [0.29, 0.717) is 18.0 Å². The van der Waals surface area contributed by atoms with Crippen LogP contribution >= 0.6 is 0 Å². The van der Waals surface area contributed by atoms with Gasteiger partial charge in [-0.25, -0.2) is 8.42 Å². The summed E-state index contributed by atoms with van der Waals surface area (Å²) in [7, 11) is -1.77. The third-order valence-electron chi connectivity index (χ3n) is 5.88. The zero-order valence-electron chi connectivity index (χ0n) is 20.9. The Morgan fingerprint density at radius 1 is 1.09 bits per heavy atom. The molecule has 2 aromatic carbocycles. The van der Waals surface area contributed by atoms with Gasteiger partial charge in [0.15, 0.2) is 0 Å². The topological polar surface area (TPSA) is 75.7 Å². The van der Waals surface area contributed by atoms with Gasteiger partial charge in [-0.3, -0.25) is 9.10 Å². The summed E-state index contributed by atoms with van der Waals surface area (Å²) in [5.41, 5.74) is 5.00. The van der Waals surface area contributed by atoms with E-state index >= 15 is 0 Å². The maximum absolute atomic E-state index is 12.6. The Bertz CT molecular complexity index is 1050. The van der Waals surface area contributed by atoms with Gasteiger partial charge in [-0.15, -0.1) is 0 Å². The van der Waals surface area contributed by atoms with E-state index in [1.165, 1.54) is 10.6 Å². The number of benzene rings is 2. The van der Waals surface area contributed by atoms with Crippen molar-refractivity contribution < 1.29 is 17.9 Å². The lowest BCUT2D eigenvalue weighted by Crippen LogP contribution is -2.32. The van der Waals surface area contributed by atoms with E-state index in [4.69, 9.17) is 4.74 Å². The van der Waals surface area contributed by atoms with Crippen LogP contribution in [0.4, 0.5) is 5.69 Å². The number of aryl methyl sites for hydroxylation is 2. The molecule has 0 heterocycles. The molecule has 33 heavy (non-hydrogen) atoms. The largest absolute Gasteiger partial charge is 0.496 e. The van der Waals surface area contributed by atoms with Gasteiger partial charge in [-0.05, 0) is 79.1 Å². The first-order valence-electron chi connectivity index (χ1n) is 11.5. The molecule has 2 aromatic rings. The van der Waals surface area contributed by atoms with E-state index in [0.717, 1.165) is 34.4 Å². The SMILES string of the molecule is CCc1ccc(N(CCCC(=O)N[C@@H](C)c2cc(C(C)C)c(OC)cc2C)S(C)(=O)=O)cc1. The fourth-order valence-corrected chi connectivity index (χ4v) is 4.93. The molecule has 0 spiro atoms. The summed E-state index contributed by atoms with van der Waals surface area (Å²) in [6.45, 7) is 10.5. The number of sulfonamides is 1. The molecule has 0 saturated heterocycles. The maximum Gasteiger partial charge on any atom is 0.232 e. The van der Waals surface area contributed by atoms with Gasteiger partial charge in [-0.1, -0.05) is 32.9 Å². The van der Waals surface area contributed by atoms with Crippen LogP contribution in [-0.2, 0) is 21.2 Å². The van der Waals surface area contributed by atoms with Gasteiger partial charge in [0.2, 0.25) is 15.9 Å². The highest BCUT2D eigenvalue weighted by atomic mass is 32.2. The summed E-state index contributed by atoms with van der Waals surface area (Å²) < 4.78 is 31.5. The molecule has 2 rings (SSSR count). The van der Waals surface area contributed by atoms with Crippen LogP contribution in [0.15, 0.2) is 36.4 Å². The maximum atomic E-state index is 12.6. The third-order valence-corrected chi connectivity index (χ3v) is 7.08. The van der Waals surface area contributed by atoms with Crippen LogP contribution in [0.25, 0.3) is 0 Å². The molecule has 0 radical (unpaired) electrons. The van der Waals surface area contributed by atoms with E-state index in [1.807, 2.05) is 44.2 Å². The van der Waals surface area contributed by atoms with Gasteiger partial charge in [-0.2, -0.15) is 0 Å². The Morgan fingerprint density at radius 2 is 1.73 bits per heavy atom. The first-order chi connectivity index (χ1) is 15.5. The van der Waals surface area contributed by atoms with Crippen molar-refractivity contribution in [1.29, 1.82) is 0 Å². The zero-order valence-corrected chi connectivity index (χ0v) is 21.8. The van der Waals surface area contributed by atoms with Crippen molar-refractivity contribution in [2.45, 2.75) is 65.8 Å². The minimum absolute atomic E-state index is 0.0985. The molecule has 1 atom stereocenters.